The van der Waals surface area contributed by atoms with Crippen LogP contribution >= 0.6 is 0 Å². The van der Waals surface area contributed by atoms with Gasteiger partial charge in [0, 0.05) is 18.0 Å². The normalized spacial score (nSPS) is 12.1. The van der Waals surface area contributed by atoms with Gasteiger partial charge in [0.1, 0.15) is 12.4 Å². The summed E-state index contributed by atoms with van der Waals surface area (Å²) in [4.78, 5) is 4.02. The van der Waals surface area contributed by atoms with Crippen molar-refractivity contribution in [3.63, 3.8) is 0 Å². The first kappa shape index (κ1) is 11.6. The van der Waals surface area contributed by atoms with Gasteiger partial charge in [-0.3, -0.25) is 4.98 Å². The topological polar surface area (TPSA) is 42.4 Å². The molecule has 0 saturated carbocycles. The van der Waals surface area contributed by atoms with Gasteiger partial charge in [-0.15, -0.1) is 0 Å². The van der Waals surface area contributed by atoms with Crippen molar-refractivity contribution in [3.05, 3.63) is 59.9 Å². The molecule has 0 bridgehead atoms. The van der Waals surface area contributed by atoms with Crippen molar-refractivity contribution in [2.24, 2.45) is 0 Å². The number of rotatable bonds is 4. The minimum absolute atomic E-state index is 0.475. The second-order valence-corrected chi connectivity index (χ2v) is 3.90. The van der Waals surface area contributed by atoms with E-state index >= 15 is 0 Å². The van der Waals surface area contributed by atoms with Gasteiger partial charge in [-0.2, -0.15) is 0 Å². The molecule has 17 heavy (non-hydrogen) atoms. The Morgan fingerprint density at radius 2 is 2.18 bits per heavy atom. The molecule has 0 spiro atoms. The van der Waals surface area contributed by atoms with Crippen molar-refractivity contribution in [3.8, 4) is 5.75 Å². The van der Waals surface area contributed by atoms with Crippen LogP contribution in [0.4, 0.5) is 0 Å². The lowest BCUT2D eigenvalue weighted by Gasteiger charge is -2.09. The summed E-state index contributed by atoms with van der Waals surface area (Å²) in [6.45, 7) is 2.22. The largest absolute Gasteiger partial charge is 0.489 e. The quantitative estimate of drug-likeness (QED) is 0.876. The molecule has 2 rings (SSSR count). The number of aliphatic hydroxyl groups is 1. The first-order valence-electron chi connectivity index (χ1n) is 5.55. The van der Waals surface area contributed by atoms with E-state index in [0.717, 1.165) is 16.9 Å². The Morgan fingerprint density at radius 3 is 2.88 bits per heavy atom. The number of aromatic nitrogens is 1. The van der Waals surface area contributed by atoms with E-state index in [1.54, 1.807) is 19.3 Å². The highest BCUT2D eigenvalue weighted by atomic mass is 16.5. The van der Waals surface area contributed by atoms with Crippen molar-refractivity contribution < 1.29 is 9.84 Å². The van der Waals surface area contributed by atoms with E-state index in [1.807, 2.05) is 36.4 Å². The summed E-state index contributed by atoms with van der Waals surface area (Å²) in [5, 5.41) is 9.47. The molecule has 0 aliphatic heterocycles. The molecule has 1 heterocycles. The zero-order chi connectivity index (χ0) is 12.1. The summed E-state index contributed by atoms with van der Waals surface area (Å²) < 4.78 is 5.63. The van der Waals surface area contributed by atoms with Crippen LogP contribution in [0.1, 0.15) is 24.2 Å². The lowest BCUT2D eigenvalue weighted by molar-refractivity contribution is 0.198. The molecular formula is C14H15NO2. The molecule has 3 nitrogen and oxygen atoms in total. The van der Waals surface area contributed by atoms with Crippen LogP contribution < -0.4 is 4.74 Å². The average molecular weight is 229 g/mol. The van der Waals surface area contributed by atoms with Crippen LogP contribution in [0, 0.1) is 0 Å². The Hall–Kier alpha value is -1.87. The zero-order valence-electron chi connectivity index (χ0n) is 9.71. The van der Waals surface area contributed by atoms with Crippen molar-refractivity contribution in [1.82, 2.24) is 4.98 Å². The van der Waals surface area contributed by atoms with Gasteiger partial charge in [0.25, 0.3) is 0 Å². The van der Waals surface area contributed by atoms with Gasteiger partial charge in [-0.1, -0.05) is 18.2 Å². The van der Waals surface area contributed by atoms with Crippen LogP contribution in [0.3, 0.4) is 0 Å². The number of aliphatic hydroxyl groups excluding tert-OH is 1. The summed E-state index contributed by atoms with van der Waals surface area (Å²) >= 11 is 0. The molecule has 3 heteroatoms. The number of benzene rings is 1. The van der Waals surface area contributed by atoms with Crippen LogP contribution in [-0.4, -0.2) is 10.1 Å². The predicted molar refractivity (Wildman–Crippen MR) is 65.6 cm³/mol. The second kappa shape index (κ2) is 5.46. The van der Waals surface area contributed by atoms with Gasteiger partial charge in [0.2, 0.25) is 0 Å². The Labute approximate surface area is 101 Å². The van der Waals surface area contributed by atoms with Crippen molar-refractivity contribution in [2.75, 3.05) is 0 Å². The summed E-state index contributed by atoms with van der Waals surface area (Å²) in [5.41, 5.74) is 1.88. The van der Waals surface area contributed by atoms with Crippen molar-refractivity contribution in [1.29, 1.82) is 0 Å². The standard InChI is InChI=1S/C14H15NO2/c1-11(16)13-5-2-6-14(8-13)17-10-12-4-3-7-15-9-12/h2-9,11,16H,10H2,1H3/t11-/m1/s1. The molecule has 0 saturated heterocycles. The van der Waals surface area contributed by atoms with Crippen LogP contribution in [0.15, 0.2) is 48.8 Å². The predicted octanol–water partition coefficient (Wildman–Crippen LogP) is 2.71. The van der Waals surface area contributed by atoms with Gasteiger partial charge < -0.3 is 9.84 Å². The Balaban J connectivity index is 2.02. The second-order valence-electron chi connectivity index (χ2n) is 3.90. The Morgan fingerprint density at radius 1 is 1.29 bits per heavy atom. The SMILES string of the molecule is C[C@@H](O)c1cccc(OCc2cccnc2)c1. The number of hydrogen-bond donors (Lipinski definition) is 1. The summed E-state index contributed by atoms with van der Waals surface area (Å²) in [6.07, 6.45) is 3.03. The van der Waals surface area contributed by atoms with Crippen LogP contribution in [0.5, 0.6) is 5.75 Å². The van der Waals surface area contributed by atoms with Crippen LogP contribution in [0.2, 0.25) is 0 Å². The minimum Gasteiger partial charge on any atom is -0.489 e. The smallest absolute Gasteiger partial charge is 0.120 e. The molecule has 1 N–H and O–H groups in total. The summed E-state index contributed by atoms with van der Waals surface area (Å²) in [5.74, 6) is 0.757. The zero-order valence-corrected chi connectivity index (χ0v) is 9.71. The van der Waals surface area contributed by atoms with Gasteiger partial charge in [-0.25, -0.2) is 0 Å². The van der Waals surface area contributed by atoms with Crippen molar-refractivity contribution >= 4 is 0 Å². The molecule has 88 valence electrons. The van der Waals surface area contributed by atoms with Gasteiger partial charge in [0.15, 0.2) is 0 Å². The molecule has 0 unspecified atom stereocenters. The molecule has 0 fully saturated rings. The Bertz CT molecular complexity index is 469. The van der Waals surface area contributed by atoms with Gasteiger partial charge in [-0.05, 0) is 30.7 Å². The highest BCUT2D eigenvalue weighted by Gasteiger charge is 2.02. The molecule has 0 amide bonds. The molecule has 1 aromatic carbocycles. The number of hydrogen-bond acceptors (Lipinski definition) is 3. The highest BCUT2D eigenvalue weighted by Crippen LogP contribution is 2.19. The van der Waals surface area contributed by atoms with E-state index in [0.29, 0.717) is 6.61 Å². The average Bonchev–Trinajstić information content (AvgIpc) is 2.38. The number of nitrogens with zero attached hydrogens (tertiary/aromatic N) is 1. The fourth-order valence-electron chi connectivity index (χ4n) is 1.51. The minimum atomic E-state index is -0.475. The van der Waals surface area contributed by atoms with E-state index in [-0.39, 0.29) is 0 Å². The maximum Gasteiger partial charge on any atom is 0.120 e. The van der Waals surface area contributed by atoms with E-state index < -0.39 is 6.10 Å². The van der Waals surface area contributed by atoms with E-state index in [1.165, 1.54) is 0 Å². The molecular weight excluding hydrogens is 214 g/mol. The highest BCUT2D eigenvalue weighted by molar-refractivity contribution is 5.29. The van der Waals surface area contributed by atoms with E-state index in [4.69, 9.17) is 4.74 Å². The third-order valence-electron chi connectivity index (χ3n) is 2.47. The fraction of sp³-hybridized carbons (Fsp3) is 0.214. The molecule has 0 aliphatic carbocycles. The maximum atomic E-state index is 9.47. The van der Waals surface area contributed by atoms with Crippen LogP contribution in [0.25, 0.3) is 0 Å². The third kappa shape index (κ3) is 3.29. The molecule has 1 aromatic heterocycles. The van der Waals surface area contributed by atoms with Gasteiger partial charge in [0.05, 0.1) is 6.10 Å². The lowest BCUT2D eigenvalue weighted by atomic mass is 10.1. The Kier molecular flexibility index (Phi) is 3.73. The van der Waals surface area contributed by atoms with Crippen LogP contribution in [-0.2, 0) is 6.61 Å². The van der Waals surface area contributed by atoms with Crippen molar-refractivity contribution in [2.45, 2.75) is 19.6 Å². The third-order valence-corrected chi connectivity index (χ3v) is 2.47. The fourth-order valence-corrected chi connectivity index (χ4v) is 1.51. The summed E-state index contributed by atoms with van der Waals surface area (Å²) in [7, 11) is 0. The van der Waals surface area contributed by atoms with E-state index in [9.17, 15) is 5.11 Å². The summed E-state index contributed by atoms with van der Waals surface area (Å²) in [6, 6.07) is 11.3. The van der Waals surface area contributed by atoms with E-state index in [2.05, 4.69) is 4.98 Å². The first-order valence-corrected chi connectivity index (χ1v) is 5.55. The monoisotopic (exact) mass is 229 g/mol. The first-order chi connectivity index (χ1) is 8.25. The molecule has 0 aliphatic rings. The molecule has 0 radical (unpaired) electrons. The maximum absolute atomic E-state index is 9.47. The lowest BCUT2D eigenvalue weighted by Crippen LogP contribution is -1.97. The van der Waals surface area contributed by atoms with Gasteiger partial charge >= 0.3 is 0 Å². The number of pyridine rings is 1. The molecule has 1 atom stereocenters. The molecule has 2 aromatic rings. The number of ether oxygens (including phenoxy) is 1.